The SMILES string of the molecule is CCCCSCCC(=O)N1C[C@H](C(=O)O)[C@H](c2ccccc2)C1. The summed E-state index contributed by atoms with van der Waals surface area (Å²) in [6, 6.07) is 9.67. The summed E-state index contributed by atoms with van der Waals surface area (Å²) in [5.41, 5.74) is 1.01. The second-order valence-electron chi connectivity index (χ2n) is 5.98. The highest BCUT2D eigenvalue weighted by atomic mass is 32.2. The zero-order valence-electron chi connectivity index (χ0n) is 13.6. The normalized spacial score (nSPS) is 20.7. The summed E-state index contributed by atoms with van der Waals surface area (Å²) >= 11 is 1.81. The number of carboxylic acid groups (broad SMARTS) is 1. The maximum atomic E-state index is 12.3. The van der Waals surface area contributed by atoms with Crippen molar-refractivity contribution in [3.8, 4) is 0 Å². The number of likely N-dealkylation sites (tertiary alicyclic amines) is 1. The molecule has 0 bridgehead atoms. The van der Waals surface area contributed by atoms with E-state index in [1.807, 2.05) is 30.3 Å². The lowest BCUT2D eigenvalue weighted by atomic mass is 9.89. The largest absolute Gasteiger partial charge is 0.481 e. The van der Waals surface area contributed by atoms with Crippen molar-refractivity contribution in [1.82, 2.24) is 4.90 Å². The molecule has 1 aliphatic rings. The fraction of sp³-hybridized carbons (Fsp3) is 0.556. The number of unbranched alkanes of at least 4 members (excludes halogenated alkanes) is 1. The van der Waals surface area contributed by atoms with Crippen LogP contribution in [-0.2, 0) is 9.59 Å². The Morgan fingerprint density at radius 3 is 2.61 bits per heavy atom. The number of benzene rings is 1. The molecule has 0 unspecified atom stereocenters. The first-order valence-corrected chi connectivity index (χ1v) is 9.42. The maximum absolute atomic E-state index is 12.3. The number of carboxylic acids is 1. The van der Waals surface area contributed by atoms with E-state index in [-0.39, 0.29) is 11.8 Å². The summed E-state index contributed by atoms with van der Waals surface area (Å²) < 4.78 is 0. The molecule has 1 aromatic rings. The van der Waals surface area contributed by atoms with Gasteiger partial charge in [0.05, 0.1) is 5.92 Å². The number of hydrogen-bond acceptors (Lipinski definition) is 3. The van der Waals surface area contributed by atoms with Gasteiger partial charge in [0.1, 0.15) is 0 Å². The minimum absolute atomic E-state index is 0.0821. The van der Waals surface area contributed by atoms with E-state index in [0.29, 0.717) is 19.5 Å². The second kappa shape index (κ2) is 8.96. The minimum Gasteiger partial charge on any atom is -0.481 e. The Bertz CT molecular complexity index is 520. The number of amides is 1. The molecular weight excluding hydrogens is 310 g/mol. The van der Waals surface area contributed by atoms with Crippen molar-refractivity contribution < 1.29 is 14.7 Å². The molecule has 23 heavy (non-hydrogen) atoms. The van der Waals surface area contributed by atoms with E-state index in [2.05, 4.69) is 6.92 Å². The van der Waals surface area contributed by atoms with Gasteiger partial charge in [0, 0.05) is 31.2 Å². The molecule has 4 nitrogen and oxygen atoms in total. The van der Waals surface area contributed by atoms with Crippen LogP contribution in [0.3, 0.4) is 0 Å². The van der Waals surface area contributed by atoms with Gasteiger partial charge in [-0.3, -0.25) is 9.59 Å². The van der Waals surface area contributed by atoms with Gasteiger partial charge < -0.3 is 10.0 Å². The van der Waals surface area contributed by atoms with E-state index in [0.717, 1.165) is 17.1 Å². The van der Waals surface area contributed by atoms with Gasteiger partial charge in [0.25, 0.3) is 0 Å². The van der Waals surface area contributed by atoms with Crippen molar-refractivity contribution in [2.75, 3.05) is 24.6 Å². The highest BCUT2D eigenvalue weighted by Crippen LogP contribution is 2.33. The molecule has 2 rings (SSSR count). The number of carbonyl (C=O) groups is 2. The van der Waals surface area contributed by atoms with Crippen LogP contribution in [0.1, 0.15) is 37.7 Å². The molecule has 1 fully saturated rings. The first-order chi connectivity index (χ1) is 11.1. The van der Waals surface area contributed by atoms with E-state index < -0.39 is 11.9 Å². The number of rotatable bonds is 8. The minimum atomic E-state index is -0.813. The highest BCUT2D eigenvalue weighted by Gasteiger charge is 2.40. The monoisotopic (exact) mass is 335 g/mol. The number of carbonyl (C=O) groups excluding carboxylic acids is 1. The molecule has 1 aliphatic heterocycles. The molecule has 0 saturated carbocycles. The summed E-state index contributed by atoms with van der Waals surface area (Å²) in [6.45, 7) is 3.00. The molecular formula is C18H25NO3S. The summed E-state index contributed by atoms with van der Waals surface area (Å²) in [4.78, 5) is 25.6. The smallest absolute Gasteiger partial charge is 0.308 e. The summed E-state index contributed by atoms with van der Waals surface area (Å²) in [6.07, 6.45) is 2.86. The van der Waals surface area contributed by atoms with Crippen molar-refractivity contribution >= 4 is 23.6 Å². The Balaban J connectivity index is 1.92. The van der Waals surface area contributed by atoms with Gasteiger partial charge in [-0.25, -0.2) is 0 Å². The second-order valence-corrected chi connectivity index (χ2v) is 7.20. The molecule has 0 spiro atoms. The van der Waals surface area contributed by atoms with Crippen molar-refractivity contribution in [2.24, 2.45) is 5.92 Å². The third-order valence-electron chi connectivity index (χ3n) is 4.32. The molecule has 5 heteroatoms. The Morgan fingerprint density at radius 2 is 1.96 bits per heavy atom. The topological polar surface area (TPSA) is 57.6 Å². The van der Waals surface area contributed by atoms with Crippen LogP contribution >= 0.6 is 11.8 Å². The molecule has 1 amide bonds. The fourth-order valence-electron chi connectivity index (χ4n) is 2.96. The zero-order chi connectivity index (χ0) is 16.7. The predicted octanol–water partition coefficient (Wildman–Crippen LogP) is 3.24. The van der Waals surface area contributed by atoms with Crippen LogP contribution in [0.15, 0.2) is 30.3 Å². The summed E-state index contributed by atoms with van der Waals surface area (Å²) in [5, 5.41) is 9.48. The first kappa shape index (κ1) is 17.9. The van der Waals surface area contributed by atoms with E-state index in [4.69, 9.17) is 0 Å². The van der Waals surface area contributed by atoms with Crippen LogP contribution in [0.25, 0.3) is 0 Å². The number of aliphatic carboxylic acids is 1. The van der Waals surface area contributed by atoms with Gasteiger partial charge in [-0.1, -0.05) is 43.7 Å². The standard InChI is InChI=1S/C18H25NO3S/c1-2-3-10-23-11-9-17(20)19-12-15(16(13-19)18(21)22)14-7-5-4-6-8-14/h4-8,15-16H,2-3,9-13H2,1H3,(H,21,22)/t15-,16-/m0/s1. The average Bonchev–Trinajstić information content (AvgIpc) is 3.01. The molecule has 1 N–H and O–H groups in total. The van der Waals surface area contributed by atoms with E-state index >= 15 is 0 Å². The summed E-state index contributed by atoms with van der Waals surface area (Å²) in [7, 11) is 0. The van der Waals surface area contributed by atoms with E-state index in [9.17, 15) is 14.7 Å². The van der Waals surface area contributed by atoms with Crippen molar-refractivity contribution in [3.63, 3.8) is 0 Å². The highest BCUT2D eigenvalue weighted by molar-refractivity contribution is 7.99. The van der Waals surface area contributed by atoms with Gasteiger partial charge in [-0.15, -0.1) is 0 Å². The van der Waals surface area contributed by atoms with Crippen LogP contribution < -0.4 is 0 Å². The van der Waals surface area contributed by atoms with Crippen LogP contribution in [0, 0.1) is 5.92 Å². The average molecular weight is 335 g/mol. The lowest BCUT2D eigenvalue weighted by molar-refractivity contribution is -0.141. The molecule has 1 saturated heterocycles. The quantitative estimate of drug-likeness (QED) is 0.741. The van der Waals surface area contributed by atoms with Crippen molar-refractivity contribution in [2.45, 2.75) is 32.1 Å². The van der Waals surface area contributed by atoms with E-state index in [1.54, 1.807) is 16.7 Å². The maximum Gasteiger partial charge on any atom is 0.308 e. The lowest BCUT2D eigenvalue weighted by Crippen LogP contribution is -2.30. The fourth-order valence-corrected chi connectivity index (χ4v) is 3.98. The van der Waals surface area contributed by atoms with Crippen LogP contribution in [0.4, 0.5) is 0 Å². The predicted molar refractivity (Wildman–Crippen MR) is 93.7 cm³/mol. The Hall–Kier alpha value is -1.49. The van der Waals surface area contributed by atoms with Crippen molar-refractivity contribution in [1.29, 1.82) is 0 Å². The lowest BCUT2D eigenvalue weighted by Gasteiger charge is -2.16. The Morgan fingerprint density at radius 1 is 1.22 bits per heavy atom. The summed E-state index contributed by atoms with van der Waals surface area (Å²) in [5.74, 6) is 0.571. The third-order valence-corrected chi connectivity index (χ3v) is 5.39. The molecule has 0 aliphatic carbocycles. The van der Waals surface area contributed by atoms with Gasteiger partial charge in [0.2, 0.25) is 5.91 Å². The number of hydrogen-bond donors (Lipinski definition) is 1. The molecule has 0 aromatic heterocycles. The van der Waals surface area contributed by atoms with Gasteiger partial charge in [0.15, 0.2) is 0 Å². The molecule has 2 atom stereocenters. The number of nitrogens with zero attached hydrogens (tertiary/aromatic N) is 1. The van der Waals surface area contributed by atoms with E-state index in [1.165, 1.54) is 12.8 Å². The van der Waals surface area contributed by atoms with Crippen molar-refractivity contribution in [3.05, 3.63) is 35.9 Å². The molecule has 1 aromatic carbocycles. The molecule has 1 heterocycles. The van der Waals surface area contributed by atoms with Gasteiger partial charge >= 0.3 is 5.97 Å². The third kappa shape index (κ3) is 4.99. The van der Waals surface area contributed by atoms with Crippen LogP contribution in [0.2, 0.25) is 0 Å². The van der Waals surface area contributed by atoms with Crippen LogP contribution in [0.5, 0.6) is 0 Å². The molecule has 0 radical (unpaired) electrons. The Kier molecular flexibility index (Phi) is 6.96. The van der Waals surface area contributed by atoms with Gasteiger partial charge in [-0.05, 0) is 17.7 Å². The number of thioether (sulfide) groups is 1. The first-order valence-electron chi connectivity index (χ1n) is 8.26. The van der Waals surface area contributed by atoms with Gasteiger partial charge in [-0.2, -0.15) is 11.8 Å². The Labute approximate surface area is 142 Å². The van der Waals surface area contributed by atoms with Crippen LogP contribution in [-0.4, -0.2) is 46.5 Å². The zero-order valence-corrected chi connectivity index (χ0v) is 14.4. The molecule has 126 valence electrons.